The first-order chi connectivity index (χ1) is 14.0. The van der Waals surface area contributed by atoms with Gasteiger partial charge in [0.15, 0.2) is 0 Å². The third-order valence-electron chi connectivity index (χ3n) is 5.25. The molecule has 1 aliphatic rings. The van der Waals surface area contributed by atoms with Gasteiger partial charge in [-0.1, -0.05) is 34.1 Å². The van der Waals surface area contributed by atoms with Crippen molar-refractivity contribution < 1.29 is 19.1 Å². The van der Waals surface area contributed by atoms with Crippen LogP contribution in [-0.2, 0) is 14.3 Å². The van der Waals surface area contributed by atoms with Crippen LogP contribution in [-0.4, -0.2) is 48.8 Å². The minimum atomic E-state index is -0.485. The lowest BCUT2D eigenvalue weighted by Crippen LogP contribution is -2.45. The van der Waals surface area contributed by atoms with Gasteiger partial charge < -0.3 is 19.7 Å². The maximum Gasteiger partial charge on any atom is 0.410 e. The molecular weight excluding hydrogens is 448 g/mol. The Hall–Kier alpha value is -2.02. The average molecular weight is 481 g/mol. The van der Waals surface area contributed by atoms with Gasteiger partial charge in [0.05, 0.1) is 12.7 Å². The number of halogens is 1. The number of rotatable bonds is 5. The Morgan fingerprint density at radius 3 is 2.33 bits per heavy atom. The van der Waals surface area contributed by atoms with Crippen molar-refractivity contribution >= 4 is 33.6 Å². The summed E-state index contributed by atoms with van der Waals surface area (Å²) in [6, 6.07) is 7.75. The topological polar surface area (TPSA) is 67.9 Å². The molecule has 0 spiro atoms. The number of hydrogen-bond acceptors (Lipinski definition) is 5. The summed E-state index contributed by atoms with van der Waals surface area (Å²) in [7, 11) is 1.39. The Bertz CT molecular complexity index is 793. The molecule has 1 fully saturated rings. The number of ether oxygens (including phenoxy) is 2. The molecule has 1 N–H and O–H groups in total. The molecule has 1 aliphatic heterocycles. The second-order valence-corrected chi connectivity index (χ2v) is 9.56. The van der Waals surface area contributed by atoms with Crippen LogP contribution in [0.3, 0.4) is 0 Å². The normalized spacial score (nSPS) is 17.1. The average Bonchev–Trinajstić information content (AvgIpc) is 2.68. The van der Waals surface area contributed by atoms with Crippen molar-refractivity contribution in [2.24, 2.45) is 5.92 Å². The van der Waals surface area contributed by atoms with Gasteiger partial charge >= 0.3 is 12.1 Å². The van der Waals surface area contributed by atoms with E-state index < -0.39 is 5.60 Å². The fourth-order valence-electron chi connectivity index (χ4n) is 3.67. The lowest BCUT2D eigenvalue weighted by molar-refractivity contribution is -0.133. The molecular formula is C23H33BrN2O4. The predicted molar refractivity (Wildman–Crippen MR) is 122 cm³/mol. The van der Waals surface area contributed by atoms with E-state index in [0.29, 0.717) is 24.6 Å². The maximum atomic E-state index is 12.5. The second kappa shape index (κ2) is 10.3. The molecule has 166 valence electrons. The van der Waals surface area contributed by atoms with Crippen molar-refractivity contribution in [1.29, 1.82) is 0 Å². The molecule has 1 unspecified atom stereocenters. The summed E-state index contributed by atoms with van der Waals surface area (Å²) >= 11 is 3.53. The van der Waals surface area contributed by atoms with Crippen molar-refractivity contribution in [2.45, 2.75) is 59.1 Å². The van der Waals surface area contributed by atoms with Gasteiger partial charge in [0.2, 0.25) is 0 Å². The molecule has 2 rings (SSSR count). The molecule has 1 saturated heterocycles. The summed E-state index contributed by atoms with van der Waals surface area (Å²) in [5.74, 6) is 0.00981. The van der Waals surface area contributed by atoms with Crippen LogP contribution in [0.25, 0.3) is 5.57 Å². The Morgan fingerprint density at radius 2 is 1.80 bits per heavy atom. The first-order valence-electron chi connectivity index (χ1n) is 10.3. The van der Waals surface area contributed by atoms with Gasteiger partial charge in [-0.2, -0.15) is 0 Å². The first-order valence-corrected chi connectivity index (χ1v) is 11.1. The number of piperidine rings is 1. The largest absolute Gasteiger partial charge is 0.465 e. The van der Waals surface area contributed by atoms with Gasteiger partial charge in [-0.05, 0) is 59.4 Å². The van der Waals surface area contributed by atoms with Crippen molar-refractivity contribution in [3.05, 3.63) is 40.0 Å². The van der Waals surface area contributed by atoms with E-state index in [1.807, 2.05) is 52.0 Å². The molecule has 30 heavy (non-hydrogen) atoms. The Morgan fingerprint density at radius 1 is 1.20 bits per heavy atom. The predicted octanol–water partition coefficient (Wildman–Crippen LogP) is 4.98. The van der Waals surface area contributed by atoms with E-state index in [2.05, 4.69) is 28.2 Å². The number of benzene rings is 1. The Balaban J connectivity index is 2.07. The standard InChI is InChI=1S/C23H33BrN2O4/c1-15(17-11-13-26(14-12-17)22(28)30-23(3,4)5)25-16(2)20(21(27)29-6)18-9-7-8-10-19(18)24/h7-10,15,17,25H,11-14H2,1-6H3/b20-16+. The molecule has 1 heterocycles. The molecule has 1 amide bonds. The van der Waals surface area contributed by atoms with Crippen molar-refractivity contribution in [3.63, 3.8) is 0 Å². The highest BCUT2D eigenvalue weighted by Crippen LogP contribution is 2.28. The van der Waals surface area contributed by atoms with E-state index in [9.17, 15) is 9.59 Å². The minimum absolute atomic E-state index is 0.146. The summed E-state index contributed by atoms with van der Waals surface area (Å²) in [4.78, 5) is 26.6. The van der Waals surface area contributed by atoms with Gasteiger partial charge in [-0.25, -0.2) is 9.59 Å². The summed E-state index contributed by atoms with van der Waals surface area (Å²) in [6.07, 6.45) is 1.51. The summed E-state index contributed by atoms with van der Waals surface area (Å²) < 4.78 is 11.3. The van der Waals surface area contributed by atoms with Crippen LogP contribution in [0.5, 0.6) is 0 Å². The number of carbonyl (C=O) groups excluding carboxylic acids is 2. The summed E-state index contributed by atoms with van der Waals surface area (Å²) in [6.45, 7) is 11.0. The molecule has 0 saturated carbocycles. The van der Waals surface area contributed by atoms with Crippen molar-refractivity contribution in [1.82, 2.24) is 10.2 Å². The van der Waals surface area contributed by atoms with Crippen LogP contribution in [0.15, 0.2) is 34.4 Å². The van der Waals surface area contributed by atoms with E-state index in [1.165, 1.54) is 7.11 Å². The third kappa shape index (κ3) is 6.49. The van der Waals surface area contributed by atoms with Gasteiger partial charge in [0.25, 0.3) is 0 Å². The number of allylic oxidation sites excluding steroid dienone is 1. The Labute approximate surface area is 188 Å². The summed E-state index contributed by atoms with van der Waals surface area (Å²) in [5.41, 5.74) is 1.60. The van der Waals surface area contributed by atoms with Crippen LogP contribution in [0, 0.1) is 5.92 Å². The molecule has 1 aromatic rings. The molecule has 6 nitrogen and oxygen atoms in total. The fourth-order valence-corrected chi connectivity index (χ4v) is 4.15. The van der Waals surface area contributed by atoms with Crippen LogP contribution in [0.4, 0.5) is 4.79 Å². The van der Waals surface area contributed by atoms with Crippen LogP contribution in [0.2, 0.25) is 0 Å². The van der Waals surface area contributed by atoms with Gasteiger partial charge in [-0.3, -0.25) is 0 Å². The van der Waals surface area contributed by atoms with Crippen LogP contribution in [0.1, 0.15) is 53.0 Å². The van der Waals surface area contributed by atoms with E-state index in [0.717, 1.165) is 28.6 Å². The number of carbonyl (C=O) groups is 2. The first kappa shape index (κ1) is 24.3. The van der Waals surface area contributed by atoms with E-state index in [4.69, 9.17) is 9.47 Å². The van der Waals surface area contributed by atoms with Crippen LogP contribution < -0.4 is 5.32 Å². The zero-order valence-corrected chi connectivity index (χ0v) is 20.3. The zero-order chi connectivity index (χ0) is 22.5. The SMILES string of the molecule is COC(=O)/C(=C(\C)NC(C)C1CCN(C(=O)OC(C)(C)C)CC1)c1ccccc1Br. The number of likely N-dealkylation sites (tertiary alicyclic amines) is 1. The lowest BCUT2D eigenvalue weighted by Gasteiger charge is -2.36. The summed E-state index contributed by atoms with van der Waals surface area (Å²) in [5, 5.41) is 3.50. The fraction of sp³-hybridized carbons (Fsp3) is 0.565. The highest BCUT2D eigenvalue weighted by molar-refractivity contribution is 9.10. The minimum Gasteiger partial charge on any atom is -0.465 e. The second-order valence-electron chi connectivity index (χ2n) is 8.71. The molecule has 0 aliphatic carbocycles. The molecule has 1 atom stereocenters. The lowest BCUT2D eigenvalue weighted by atomic mass is 9.90. The smallest absolute Gasteiger partial charge is 0.410 e. The number of hydrogen-bond donors (Lipinski definition) is 1. The monoisotopic (exact) mass is 480 g/mol. The highest BCUT2D eigenvalue weighted by Gasteiger charge is 2.30. The van der Waals surface area contributed by atoms with Gasteiger partial charge in [0, 0.05) is 34.9 Å². The number of nitrogens with one attached hydrogen (secondary N) is 1. The van der Waals surface area contributed by atoms with E-state index in [1.54, 1.807) is 4.90 Å². The number of methoxy groups -OCH3 is 1. The van der Waals surface area contributed by atoms with E-state index >= 15 is 0 Å². The van der Waals surface area contributed by atoms with Crippen molar-refractivity contribution in [3.8, 4) is 0 Å². The number of nitrogens with zero attached hydrogens (tertiary/aromatic N) is 1. The molecule has 0 aromatic heterocycles. The molecule has 0 radical (unpaired) electrons. The number of esters is 1. The van der Waals surface area contributed by atoms with Gasteiger partial charge in [0.1, 0.15) is 5.60 Å². The van der Waals surface area contributed by atoms with E-state index in [-0.39, 0.29) is 18.1 Å². The molecule has 0 bridgehead atoms. The van der Waals surface area contributed by atoms with Crippen molar-refractivity contribution in [2.75, 3.05) is 20.2 Å². The number of amides is 1. The molecule has 7 heteroatoms. The highest BCUT2D eigenvalue weighted by atomic mass is 79.9. The third-order valence-corrected chi connectivity index (χ3v) is 5.94. The van der Waals surface area contributed by atoms with Gasteiger partial charge in [-0.15, -0.1) is 0 Å². The Kier molecular flexibility index (Phi) is 8.35. The van der Waals surface area contributed by atoms with Crippen LogP contribution >= 0.6 is 15.9 Å². The molecule has 1 aromatic carbocycles. The quantitative estimate of drug-likeness (QED) is 0.475. The maximum absolute atomic E-state index is 12.5. The zero-order valence-electron chi connectivity index (χ0n) is 18.8.